The number of nitro groups is 1. The normalized spacial score (nSPS) is 11.2. The second kappa shape index (κ2) is 9.31. The van der Waals surface area contributed by atoms with Crippen molar-refractivity contribution in [3.63, 3.8) is 0 Å². The van der Waals surface area contributed by atoms with Gasteiger partial charge in [0, 0.05) is 12.1 Å². The molecule has 148 valence electrons. The molecule has 0 aliphatic rings. The maximum atomic E-state index is 12.9. The predicted molar refractivity (Wildman–Crippen MR) is 95.7 cm³/mol. The van der Waals surface area contributed by atoms with E-state index in [0.717, 1.165) is 6.07 Å². The van der Waals surface area contributed by atoms with E-state index in [9.17, 15) is 24.1 Å². The topological polar surface area (TPSA) is 117 Å². The molecule has 10 heteroatoms. The van der Waals surface area contributed by atoms with E-state index in [4.69, 9.17) is 14.2 Å². The highest BCUT2D eigenvalue weighted by Gasteiger charge is 2.19. The summed E-state index contributed by atoms with van der Waals surface area (Å²) < 4.78 is 28.0. The number of benzene rings is 2. The lowest BCUT2D eigenvalue weighted by Crippen LogP contribution is -2.29. The predicted octanol–water partition coefficient (Wildman–Crippen LogP) is 2.69. The van der Waals surface area contributed by atoms with Crippen LogP contribution in [0.25, 0.3) is 0 Å². The molecular weight excluding hydrogens is 375 g/mol. The number of nitrogens with one attached hydrogen (secondary N) is 1. The van der Waals surface area contributed by atoms with Crippen LogP contribution in [0, 0.1) is 15.9 Å². The molecule has 9 nitrogen and oxygen atoms in total. The van der Waals surface area contributed by atoms with E-state index < -0.39 is 35.3 Å². The van der Waals surface area contributed by atoms with E-state index in [2.05, 4.69) is 5.32 Å². The molecule has 0 heterocycles. The zero-order valence-electron chi connectivity index (χ0n) is 15.0. The number of anilines is 1. The number of ether oxygens (including phenoxy) is 3. The summed E-state index contributed by atoms with van der Waals surface area (Å²) >= 11 is 0. The quantitative estimate of drug-likeness (QED) is 0.417. The SMILES string of the molecule is COc1ccc([N+](=O)[O-])cc1NC(=O)COC(=O)[C@@H](C)Oc1ccc(F)cc1. The lowest BCUT2D eigenvalue weighted by Gasteiger charge is -2.14. The van der Waals surface area contributed by atoms with Gasteiger partial charge in [-0.15, -0.1) is 0 Å². The molecular formula is C18H17FN2O7. The number of nitrogens with zero attached hydrogens (tertiary/aromatic N) is 1. The summed E-state index contributed by atoms with van der Waals surface area (Å²) in [7, 11) is 1.34. The molecule has 0 aromatic heterocycles. The monoisotopic (exact) mass is 392 g/mol. The van der Waals surface area contributed by atoms with Gasteiger partial charge in [-0.2, -0.15) is 0 Å². The number of esters is 1. The molecule has 1 atom stereocenters. The highest BCUT2D eigenvalue weighted by atomic mass is 19.1. The Morgan fingerprint density at radius 3 is 2.50 bits per heavy atom. The Balaban J connectivity index is 1.91. The molecule has 0 unspecified atom stereocenters. The zero-order chi connectivity index (χ0) is 20.7. The average Bonchev–Trinajstić information content (AvgIpc) is 2.67. The second-order valence-electron chi connectivity index (χ2n) is 5.51. The molecule has 0 bridgehead atoms. The van der Waals surface area contributed by atoms with Gasteiger partial charge in [0.25, 0.3) is 11.6 Å². The highest BCUT2D eigenvalue weighted by Crippen LogP contribution is 2.28. The molecule has 1 N–H and O–H groups in total. The average molecular weight is 392 g/mol. The Labute approximate surface area is 159 Å². The number of hydrogen-bond donors (Lipinski definition) is 1. The zero-order valence-corrected chi connectivity index (χ0v) is 15.0. The largest absolute Gasteiger partial charge is 0.495 e. The number of rotatable bonds is 8. The fourth-order valence-corrected chi connectivity index (χ4v) is 2.11. The molecule has 1 amide bonds. The molecule has 0 saturated carbocycles. The van der Waals surface area contributed by atoms with Crippen LogP contribution in [0.15, 0.2) is 42.5 Å². The maximum absolute atomic E-state index is 12.9. The lowest BCUT2D eigenvalue weighted by atomic mass is 10.2. The molecule has 28 heavy (non-hydrogen) atoms. The minimum atomic E-state index is -1.04. The van der Waals surface area contributed by atoms with Crippen molar-refractivity contribution >= 4 is 23.3 Å². The summed E-state index contributed by atoms with van der Waals surface area (Å²) in [5.41, 5.74) is -0.178. The number of carbonyl (C=O) groups is 2. The molecule has 0 radical (unpaired) electrons. The van der Waals surface area contributed by atoms with Crippen LogP contribution in [0.2, 0.25) is 0 Å². The molecule has 2 aromatic carbocycles. The van der Waals surface area contributed by atoms with Crippen molar-refractivity contribution in [3.8, 4) is 11.5 Å². The first kappa shape index (κ1) is 20.6. The van der Waals surface area contributed by atoms with Crippen LogP contribution >= 0.6 is 0 Å². The smallest absolute Gasteiger partial charge is 0.347 e. The van der Waals surface area contributed by atoms with Crippen molar-refractivity contribution < 1.29 is 33.1 Å². The molecule has 0 saturated heterocycles. The van der Waals surface area contributed by atoms with Gasteiger partial charge in [0.2, 0.25) is 0 Å². The third-order valence-electron chi connectivity index (χ3n) is 3.47. The Bertz CT molecular complexity index is 871. The summed E-state index contributed by atoms with van der Waals surface area (Å²) in [5.74, 6) is -1.52. The first-order valence-corrected chi connectivity index (χ1v) is 8.01. The second-order valence-corrected chi connectivity index (χ2v) is 5.51. The Morgan fingerprint density at radius 2 is 1.89 bits per heavy atom. The van der Waals surface area contributed by atoms with Crippen molar-refractivity contribution in [1.29, 1.82) is 0 Å². The van der Waals surface area contributed by atoms with Gasteiger partial charge in [0.05, 0.1) is 17.7 Å². The molecule has 0 aliphatic carbocycles. The first-order valence-electron chi connectivity index (χ1n) is 8.01. The van der Waals surface area contributed by atoms with Crippen molar-refractivity contribution in [2.45, 2.75) is 13.0 Å². The summed E-state index contributed by atoms with van der Waals surface area (Å²) in [5, 5.41) is 13.2. The van der Waals surface area contributed by atoms with E-state index in [1.165, 1.54) is 50.4 Å². The number of carbonyl (C=O) groups excluding carboxylic acids is 2. The number of non-ortho nitro benzene ring substituents is 1. The third kappa shape index (κ3) is 5.66. The number of amides is 1. The first-order chi connectivity index (χ1) is 13.3. The molecule has 0 fully saturated rings. The Hall–Kier alpha value is -3.69. The fourth-order valence-electron chi connectivity index (χ4n) is 2.11. The molecule has 2 aromatic rings. The molecule has 2 rings (SSSR count). The van der Waals surface area contributed by atoms with Crippen LogP contribution in [0.1, 0.15) is 6.92 Å². The van der Waals surface area contributed by atoms with E-state index in [1.807, 2.05) is 0 Å². The van der Waals surface area contributed by atoms with Crippen molar-refractivity contribution in [3.05, 3.63) is 58.4 Å². The number of methoxy groups -OCH3 is 1. The van der Waals surface area contributed by atoms with Gasteiger partial charge in [0.15, 0.2) is 12.7 Å². The van der Waals surface area contributed by atoms with Crippen molar-refractivity contribution in [1.82, 2.24) is 0 Å². The number of halogens is 1. The fraction of sp³-hybridized carbons (Fsp3) is 0.222. The Morgan fingerprint density at radius 1 is 1.21 bits per heavy atom. The van der Waals surface area contributed by atoms with Crippen LogP contribution in [0.3, 0.4) is 0 Å². The van der Waals surface area contributed by atoms with E-state index in [1.54, 1.807) is 0 Å². The van der Waals surface area contributed by atoms with Gasteiger partial charge in [0.1, 0.15) is 17.3 Å². The van der Waals surface area contributed by atoms with Crippen LogP contribution in [-0.2, 0) is 14.3 Å². The number of hydrogen-bond acceptors (Lipinski definition) is 7. The lowest BCUT2D eigenvalue weighted by molar-refractivity contribution is -0.384. The van der Waals surface area contributed by atoms with Gasteiger partial charge >= 0.3 is 5.97 Å². The van der Waals surface area contributed by atoms with Crippen molar-refractivity contribution in [2.24, 2.45) is 0 Å². The third-order valence-corrected chi connectivity index (χ3v) is 3.47. The maximum Gasteiger partial charge on any atom is 0.347 e. The summed E-state index contributed by atoms with van der Waals surface area (Å²) in [6.07, 6.45) is -1.04. The highest BCUT2D eigenvalue weighted by molar-refractivity contribution is 5.94. The van der Waals surface area contributed by atoms with Crippen molar-refractivity contribution in [2.75, 3.05) is 19.0 Å². The van der Waals surface area contributed by atoms with Crippen LogP contribution in [0.4, 0.5) is 15.8 Å². The molecule has 0 spiro atoms. The van der Waals surface area contributed by atoms with Crippen LogP contribution < -0.4 is 14.8 Å². The van der Waals surface area contributed by atoms with E-state index in [0.29, 0.717) is 0 Å². The van der Waals surface area contributed by atoms with Gasteiger partial charge in [-0.3, -0.25) is 14.9 Å². The standard InChI is InChI=1S/C18H17FN2O7/c1-11(28-14-6-3-12(19)4-7-14)18(23)27-10-17(22)20-15-9-13(21(24)25)5-8-16(15)26-2/h3-9,11H,10H2,1-2H3,(H,20,22)/t11-/m1/s1. The summed E-state index contributed by atoms with van der Waals surface area (Å²) in [6, 6.07) is 8.72. The van der Waals surface area contributed by atoms with E-state index >= 15 is 0 Å². The summed E-state index contributed by atoms with van der Waals surface area (Å²) in [4.78, 5) is 34.1. The van der Waals surface area contributed by atoms with Gasteiger partial charge in [-0.25, -0.2) is 9.18 Å². The number of nitro benzene ring substituents is 1. The minimum absolute atomic E-state index is 0.0633. The van der Waals surface area contributed by atoms with Gasteiger partial charge < -0.3 is 19.5 Å². The van der Waals surface area contributed by atoms with Gasteiger partial charge in [-0.05, 0) is 37.3 Å². The summed E-state index contributed by atoms with van der Waals surface area (Å²) in [6.45, 7) is 0.773. The van der Waals surface area contributed by atoms with E-state index in [-0.39, 0.29) is 22.9 Å². The molecule has 0 aliphatic heterocycles. The Kier molecular flexibility index (Phi) is 6.85. The van der Waals surface area contributed by atoms with Crippen LogP contribution in [0.5, 0.6) is 11.5 Å². The minimum Gasteiger partial charge on any atom is -0.495 e. The van der Waals surface area contributed by atoms with Crippen LogP contribution in [-0.4, -0.2) is 36.6 Å². The van der Waals surface area contributed by atoms with Gasteiger partial charge in [-0.1, -0.05) is 0 Å².